The fraction of sp³-hybridized carbons (Fsp3) is 0.389. The Morgan fingerprint density at radius 3 is 2.81 bits per heavy atom. The van der Waals surface area contributed by atoms with Gasteiger partial charge in [0.1, 0.15) is 11.4 Å². The van der Waals surface area contributed by atoms with Gasteiger partial charge in [-0.2, -0.15) is 0 Å². The highest BCUT2D eigenvalue weighted by molar-refractivity contribution is 5.96. The van der Waals surface area contributed by atoms with E-state index >= 15 is 0 Å². The van der Waals surface area contributed by atoms with Crippen LogP contribution in [0.4, 0.5) is 5.82 Å². The van der Waals surface area contributed by atoms with E-state index in [1.54, 1.807) is 18.3 Å². The largest absolute Gasteiger partial charge is 0.367 e. The van der Waals surface area contributed by atoms with E-state index in [1.807, 2.05) is 6.92 Å². The summed E-state index contributed by atoms with van der Waals surface area (Å²) in [5, 5.41) is 5.37. The number of rotatable bonds is 5. The molecule has 3 rings (SSSR count). The third-order valence-corrected chi connectivity index (χ3v) is 4.16. The molecule has 0 saturated carbocycles. The number of pyridine rings is 1. The number of aromatic nitrogens is 3. The van der Waals surface area contributed by atoms with Crippen molar-refractivity contribution >= 4 is 17.6 Å². The molecular formula is C18H21N5O3. The molecule has 136 valence electrons. The van der Waals surface area contributed by atoms with E-state index < -0.39 is 5.60 Å². The van der Waals surface area contributed by atoms with Gasteiger partial charge in [0.2, 0.25) is 5.91 Å². The number of amides is 2. The normalized spacial score (nSPS) is 19.2. The minimum atomic E-state index is -0.460. The Hall–Kier alpha value is -2.87. The standard InChI is InChI=1S/C18H21N5O3/c1-12(24)22-15-10-13(4-7-19-15)16(25)21-11-14-5-8-20-17(23-14)18(2)6-3-9-26-18/h4-5,7-8,10H,3,6,9,11H2,1-2H3,(H,21,25)(H,19,22,24). The van der Waals surface area contributed by atoms with E-state index in [-0.39, 0.29) is 18.4 Å². The quantitative estimate of drug-likeness (QED) is 0.847. The molecule has 1 fully saturated rings. The lowest BCUT2D eigenvalue weighted by Crippen LogP contribution is -2.26. The van der Waals surface area contributed by atoms with Crippen LogP contribution in [0.5, 0.6) is 0 Å². The predicted molar refractivity (Wildman–Crippen MR) is 94.3 cm³/mol. The summed E-state index contributed by atoms with van der Waals surface area (Å²) < 4.78 is 5.77. The van der Waals surface area contributed by atoms with Crippen LogP contribution in [0.1, 0.15) is 48.6 Å². The number of ether oxygens (including phenoxy) is 1. The van der Waals surface area contributed by atoms with E-state index in [9.17, 15) is 9.59 Å². The zero-order valence-electron chi connectivity index (χ0n) is 14.8. The summed E-state index contributed by atoms with van der Waals surface area (Å²) in [4.78, 5) is 36.3. The number of hydrogen-bond acceptors (Lipinski definition) is 6. The Morgan fingerprint density at radius 2 is 2.08 bits per heavy atom. The van der Waals surface area contributed by atoms with Gasteiger partial charge in [0.05, 0.1) is 12.2 Å². The molecule has 1 atom stereocenters. The molecule has 1 aliphatic heterocycles. The van der Waals surface area contributed by atoms with Crippen molar-refractivity contribution in [1.82, 2.24) is 20.3 Å². The van der Waals surface area contributed by atoms with Crippen molar-refractivity contribution in [1.29, 1.82) is 0 Å². The van der Waals surface area contributed by atoms with Crippen molar-refractivity contribution in [2.75, 3.05) is 11.9 Å². The number of nitrogens with zero attached hydrogens (tertiary/aromatic N) is 3. The summed E-state index contributed by atoms with van der Waals surface area (Å²) in [6.45, 7) is 4.34. The van der Waals surface area contributed by atoms with Gasteiger partial charge in [0.15, 0.2) is 5.82 Å². The highest BCUT2D eigenvalue weighted by atomic mass is 16.5. The summed E-state index contributed by atoms with van der Waals surface area (Å²) in [7, 11) is 0. The molecule has 2 N–H and O–H groups in total. The van der Waals surface area contributed by atoms with Gasteiger partial charge >= 0.3 is 0 Å². The van der Waals surface area contributed by atoms with Gasteiger partial charge in [0, 0.05) is 31.5 Å². The molecule has 0 aliphatic carbocycles. The lowest BCUT2D eigenvalue weighted by atomic mass is 10.0. The Morgan fingerprint density at radius 1 is 1.27 bits per heavy atom. The molecule has 0 aromatic carbocycles. The van der Waals surface area contributed by atoms with Crippen LogP contribution in [-0.4, -0.2) is 33.4 Å². The summed E-state index contributed by atoms with van der Waals surface area (Å²) in [6, 6.07) is 4.87. The van der Waals surface area contributed by atoms with Gasteiger partial charge in [-0.15, -0.1) is 0 Å². The van der Waals surface area contributed by atoms with E-state index in [0.717, 1.165) is 12.8 Å². The maximum absolute atomic E-state index is 12.3. The van der Waals surface area contributed by atoms with Crippen LogP contribution < -0.4 is 10.6 Å². The first-order valence-electron chi connectivity index (χ1n) is 8.44. The molecule has 0 radical (unpaired) electrons. The summed E-state index contributed by atoms with van der Waals surface area (Å²) in [5.41, 5.74) is 0.651. The Kier molecular flexibility index (Phi) is 5.22. The van der Waals surface area contributed by atoms with Gasteiger partial charge in [-0.25, -0.2) is 15.0 Å². The summed E-state index contributed by atoms with van der Waals surface area (Å²) >= 11 is 0. The molecule has 2 aromatic heterocycles. The topological polar surface area (TPSA) is 106 Å². The molecule has 0 bridgehead atoms. The van der Waals surface area contributed by atoms with Gasteiger partial charge in [-0.3, -0.25) is 9.59 Å². The Balaban J connectivity index is 1.65. The van der Waals surface area contributed by atoms with Crippen LogP contribution in [-0.2, 0) is 21.7 Å². The smallest absolute Gasteiger partial charge is 0.251 e. The molecule has 1 aliphatic rings. The fourth-order valence-corrected chi connectivity index (χ4v) is 2.80. The van der Waals surface area contributed by atoms with Crippen molar-refractivity contribution in [2.24, 2.45) is 0 Å². The molecule has 26 heavy (non-hydrogen) atoms. The second-order valence-electron chi connectivity index (χ2n) is 6.35. The van der Waals surface area contributed by atoms with Gasteiger partial charge in [0.25, 0.3) is 5.91 Å². The minimum absolute atomic E-state index is 0.244. The highest BCUT2D eigenvalue weighted by Crippen LogP contribution is 2.33. The monoisotopic (exact) mass is 355 g/mol. The van der Waals surface area contributed by atoms with Crippen molar-refractivity contribution in [3.05, 3.63) is 47.7 Å². The lowest BCUT2D eigenvalue weighted by molar-refractivity contribution is -0.114. The summed E-state index contributed by atoms with van der Waals surface area (Å²) in [6.07, 6.45) is 5.02. The lowest BCUT2D eigenvalue weighted by Gasteiger charge is -2.21. The van der Waals surface area contributed by atoms with E-state index in [4.69, 9.17) is 4.74 Å². The van der Waals surface area contributed by atoms with Crippen molar-refractivity contribution in [2.45, 2.75) is 38.8 Å². The van der Waals surface area contributed by atoms with Crippen molar-refractivity contribution < 1.29 is 14.3 Å². The first-order valence-corrected chi connectivity index (χ1v) is 8.44. The van der Waals surface area contributed by atoms with Crippen LogP contribution in [0.25, 0.3) is 0 Å². The molecule has 2 amide bonds. The number of nitrogens with one attached hydrogen (secondary N) is 2. The van der Waals surface area contributed by atoms with Gasteiger partial charge in [-0.05, 0) is 38.0 Å². The first kappa shape index (κ1) is 17.9. The third kappa shape index (κ3) is 4.20. The number of anilines is 1. The molecular weight excluding hydrogens is 334 g/mol. The fourth-order valence-electron chi connectivity index (χ4n) is 2.80. The predicted octanol–water partition coefficient (Wildman–Crippen LogP) is 1.79. The van der Waals surface area contributed by atoms with E-state index in [1.165, 1.54) is 19.2 Å². The molecule has 8 nitrogen and oxygen atoms in total. The maximum Gasteiger partial charge on any atom is 0.251 e. The van der Waals surface area contributed by atoms with Crippen molar-refractivity contribution in [3.63, 3.8) is 0 Å². The molecule has 3 heterocycles. The number of hydrogen-bond donors (Lipinski definition) is 2. The second kappa shape index (κ2) is 7.57. The average Bonchev–Trinajstić information content (AvgIpc) is 3.07. The molecule has 0 spiro atoms. The van der Waals surface area contributed by atoms with Crippen LogP contribution in [0.15, 0.2) is 30.6 Å². The maximum atomic E-state index is 12.3. The SMILES string of the molecule is CC(=O)Nc1cc(C(=O)NCc2ccnc(C3(C)CCCO3)n2)ccn1. The minimum Gasteiger partial charge on any atom is -0.367 e. The number of carbonyl (C=O) groups is 2. The average molecular weight is 355 g/mol. The first-order chi connectivity index (χ1) is 12.5. The molecule has 8 heteroatoms. The van der Waals surface area contributed by atoms with Crippen LogP contribution in [0, 0.1) is 0 Å². The van der Waals surface area contributed by atoms with Gasteiger partial charge in [-0.1, -0.05) is 0 Å². The summed E-state index contributed by atoms with van der Waals surface area (Å²) in [5.74, 6) is 0.452. The Bertz CT molecular complexity index is 818. The van der Waals surface area contributed by atoms with Gasteiger partial charge < -0.3 is 15.4 Å². The Labute approximate surface area is 151 Å². The van der Waals surface area contributed by atoms with E-state index in [0.29, 0.717) is 29.5 Å². The zero-order chi connectivity index (χ0) is 18.6. The van der Waals surface area contributed by atoms with E-state index in [2.05, 4.69) is 25.6 Å². The van der Waals surface area contributed by atoms with Crippen molar-refractivity contribution in [3.8, 4) is 0 Å². The van der Waals surface area contributed by atoms with Crippen LogP contribution >= 0.6 is 0 Å². The van der Waals surface area contributed by atoms with Crippen LogP contribution in [0.2, 0.25) is 0 Å². The molecule has 1 saturated heterocycles. The number of carbonyl (C=O) groups excluding carboxylic acids is 2. The second-order valence-corrected chi connectivity index (χ2v) is 6.35. The highest BCUT2D eigenvalue weighted by Gasteiger charge is 2.34. The van der Waals surface area contributed by atoms with Crippen LogP contribution in [0.3, 0.4) is 0 Å². The molecule has 2 aromatic rings. The zero-order valence-corrected chi connectivity index (χ0v) is 14.8. The third-order valence-electron chi connectivity index (χ3n) is 4.16. The molecule has 1 unspecified atom stereocenters.